The summed E-state index contributed by atoms with van der Waals surface area (Å²) in [6.45, 7) is 9.74. The Hall–Kier alpha value is -0.810. The van der Waals surface area contributed by atoms with E-state index < -0.39 is 5.60 Å². The molecule has 2 aliphatic heterocycles. The van der Waals surface area contributed by atoms with Gasteiger partial charge in [0.15, 0.2) is 0 Å². The SMILES string of the molecule is CN(CCN[C@H]1CCN2CCC[C@H]2C1)C(=O)OC(C)(C)C. The number of hydrogen-bond donors (Lipinski definition) is 1. The molecule has 2 heterocycles. The van der Waals surface area contributed by atoms with Crippen LogP contribution in [0.3, 0.4) is 0 Å². The van der Waals surface area contributed by atoms with Crippen molar-refractivity contribution in [2.75, 3.05) is 33.2 Å². The number of likely N-dealkylation sites (N-methyl/N-ethyl adjacent to an activating group) is 1. The summed E-state index contributed by atoms with van der Waals surface area (Å²) < 4.78 is 5.35. The van der Waals surface area contributed by atoms with Crippen molar-refractivity contribution >= 4 is 6.09 Å². The lowest BCUT2D eigenvalue weighted by atomic mass is 9.98. The number of carbonyl (C=O) groups excluding carboxylic acids is 1. The fourth-order valence-corrected chi connectivity index (χ4v) is 3.28. The lowest BCUT2D eigenvalue weighted by Crippen LogP contribution is -2.47. The van der Waals surface area contributed by atoms with Crippen LogP contribution in [0, 0.1) is 0 Å². The van der Waals surface area contributed by atoms with Crippen LogP contribution in [0.5, 0.6) is 0 Å². The van der Waals surface area contributed by atoms with Crippen molar-refractivity contribution in [3.63, 3.8) is 0 Å². The van der Waals surface area contributed by atoms with Gasteiger partial charge in [-0.25, -0.2) is 4.79 Å². The Balaban J connectivity index is 1.64. The number of carbonyl (C=O) groups is 1. The first-order valence-electron chi connectivity index (χ1n) is 8.27. The van der Waals surface area contributed by atoms with Crippen molar-refractivity contribution in [1.82, 2.24) is 15.1 Å². The summed E-state index contributed by atoms with van der Waals surface area (Å²) in [5, 5.41) is 3.61. The van der Waals surface area contributed by atoms with E-state index >= 15 is 0 Å². The zero-order valence-corrected chi connectivity index (χ0v) is 14.0. The van der Waals surface area contributed by atoms with Crippen molar-refractivity contribution in [2.45, 2.75) is 64.1 Å². The van der Waals surface area contributed by atoms with E-state index in [0.29, 0.717) is 12.6 Å². The second-order valence-electron chi connectivity index (χ2n) is 7.41. The molecule has 0 aromatic carbocycles. The quantitative estimate of drug-likeness (QED) is 0.863. The van der Waals surface area contributed by atoms with Gasteiger partial charge in [-0.2, -0.15) is 0 Å². The van der Waals surface area contributed by atoms with Crippen LogP contribution in [0.2, 0.25) is 0 Å². The molecule has 0 aliphatic carbocycles. The van der Waals surface area contributed by atoms with Gasteiger partial charge in [0.2, 0.25) is 0 Å². The van der Waals surface area contributed by atoms with Crippen LogP contribution in [0.15, 0.2) is 0 Å². The Bertz CT molecular complexity index is 354. The molecule has 5 heteroatoms. The van der Waals surface area contributed by atoms with Gasteiger partial charge >= 0.3 is 6.09 Å². The Morgan fingerprint density at radius 1 is 1.33 bits per heavy atom. The normalized spacial score (nSPS) is 26.5. The van der Waals surface area contributed by atoms with E-state index in [1.165, 1.54) is 38.8 Å². The summed E-state index contributed by atoms with van der Waals surface area (Å²) in [5.41, 5.74) is -0.423. The monoisotopic (exact) mass is 297 g/mol. The van der Waals surface area contributed by atoms with Gasteiger partial charge in [0.1, 0.15) is 5.60 Å². The molecule has 0 radical (unpaired) electrons. The Morgan fingerprint density at radius 3 is 2.81 bits per heavy atom. The maximum Gasteiger partial charge on any atom is 0.410 e. The van der Waals surface area contributed by atoms with Gasteiger partial charge in [-0.3, -0.25) is 0 Å². The van der Waals surface area contributed by atoms with Crippen molar-refractivity contribution in [3.05, 3.63) is 0 Å². The van der Waals surface area contributed by atoms with E-state index in [-0.39, 0.29) is 6.09 Å². The summed E-state index contributed by atoms with van der Waals surface area (Å²) in [5.74, 6) is 0. The highest BCUT2D eigenvalue weighted by atomic mass is 16.6. The Kier molecular flexibility index (Phi) is 5.49. The molecule has 2 fully saturated rings. The molecule has 1 amide bonds. The number of rotatable bonds is 4. The fourth-order valence-electron chi connectivity index (χ4n) is 3.28. The number of hydrogen-bond acceptors (Lipinski definition) is 4. The van der Waals surface area contributed by atoms with Gasteiger partial charge in [0, 0.05) is 32.2 Å². The number of ether oxygens (including phenoxy) is 1. The van der Waals surface area contributed by atoms with Crippen molar-refractivity contribution in [2.24, 2.45) is 0 Å². The van der Waals surface area contributed by atoms with Gasteiger partial charge in [-0.1, -0.05) is 0 Å². The molecular weight excluding hydrogens is 266 g/mol. The summed E-state index contributed by atoms with van der Waals surface area (Å²) in [4.78, 5) is 16.1. The third kappa shape index (κ3) is 5.15. The first-order valence-corrected chi connectivity index (χ1v) is 8.27. The average Bonchev–Trinajstić information content (AvgIpc) is 2.84. The smallest absolute Gasteiger partial charge is 0.410 e. The van der Waals surface area contributed by atoms with E-state index in [1.807, 2.05) is 20.8 Å². The molecule has 0 saturated carbocycles. The van der Waals surface area contributed by atoms with Gasteiger partial charge in [-0.05, 0) is 59.5 Å². The third-order valence-corrected chi connectivity index (χ3v) is 4.41. The summed E-state index contributed by atoms with van der Waals surface area (Å²) in [6.07, 6.45) is 4.97. The van der Waals surface area contributed by atoms with E-state index in [9.17, 15) is 4.79 Å². The molecule has 122 valence electrons. The largest absolute Gasteiger partial charge is 0.444 e. The molecule has 21 heavy (non-hydrogen) atoms. The third-order valence-electron chi connectivity index (χ3n) is 4.41. The highest BCUT2D eigenvalue weighted by Gasteiger charge is 2.31. The summed E-state index contributed by atoms with van der Waals surface area (Å²) in [6, 6.07) is 1.40. The summed E-state index contributed by atoms with van der Waals surface area (Å²) in [7, 11) is 1.80. The predicted molar refractivity (Wildman–Crippen MR) is 84.5 cm³/mol. The second kappa shape index (κ2) is 6.97. The minimum absolute atomic E-state index is 0.241. The highest BCUT2D eigenvalue weighted by molar-refractivity contribution is 5.67. The molecule has 0 bridgehead atoms. The topological polar surface area (TPSA) is 44.8 Å². The lowest BCUT2D eigenvalue weighted by Gasteiger charge is -2.35. The molecule has 1 N–H and O–H groups in total. The number of amides is 1. The van der Waals surface area contributed by atoms with Crippen LogP contribution in [0.4, 0.5) is 4.79 Å². The van der Waals surface area contributed by atoms with Gasteiger partial charge in [0.25, 0.3) is 0 Å². The van der Waals surface area contributed by atoms with E-state index in [2.05, 4.69) is 10.2 Å². The first kappa shape index (κ1) is 16.6. The van der Waals surface area contributed by atoms with Crippen LogP contribution >= 0.6 is 0 Å². The molecule has 2 atom stereocenters. The minimum atomic E-state index is -0.423. The molecular formula is C16H31N3O2. The van der Waals surface area contributed by atoms with Gasteiger partial charge < -0.3 is 19.9 Å². The number of nitrogens with one attached hydrogen (secondary N) is 1. The molecule has 0 spiro atoms. The Morgan fingerprint density at radius 2 is 2.10 bits per heavy atom. The van der Waals surface area contributed by atoms with Crippen LogP contribution < -0.4 is 5.32 Å². The van der Waals surface area contributed by atoms with Crippen molar-refractivity contribution in [3.8, 4) is 0 Å². The maximum absolute atomic E-state index is 11.9. The van der Waals surface area contributed by atoms with E-state index in [1.54, 1.807) is 11.9 Å². The van der Waals surface area contributed by atoms with Crippen LogP contribution in [-0.2, 0) is 4.74 Å². The minimum Gasteiger partial charge on any atom is -0.444 e. The summed E-state index contributed by atoms with van der Waals surface area (Å²) >= 11 is 0. The molecule has 5 nitrogen and oxygen atoms in total. The molecule has 2 saturated heterocycles. The van der Waals surface area contributed by atoms with Gasteiger partial charge in [-0.15, -0.1) is 0 Å². The molecule has 2 aliphatic rings. The van der Waals surface area contributed by atoms with Crippen LogP contribution in [-0.4, -0.2) is 66.8 Å². The predicted octanol–water partition coefficient (Wildman–Crippen LogP) is 2.07. The Labute approximate surface area is 129 Å². The maximum atomic E-state index is 11.9. The second-order valence-corrected chi connectivity index (χ2v) is 7.41. The van der Waals surface area contributed by atoms with Crippen molar-refractivity contribution < 1.29 is 9.53 Å². The zero-order valence-electron chi connectivity index (χ0n) is 14.0. The standard InChI is InChI=1S/C16H31N3O2/c1-16(2,3)21-15(20)18(4)11-8-17-13-7-10-19-9-5-6-14(19)12-13/h13-14,17H,5-12H2,1-4H3/t13-,14-/m0/s1. The fraction of sp³-hybridized carbons (Fsp3) is 0.938. The van der Waals surface area contributed by atoms with Crippen molar-refractivity contribution in [1.29, 1.82) is 0 Å². The van der Waals surface area contributed by atoms with Gasteiger partial charge in [0.05, 0.1) is 0 Å². The number of fused-ring (bicyclic) bond motifs is 1. The van der Waals surface area contributed by atoms with Crippen LogP contribution in [0.1, 0.15) is 46.5 Å². The average molecular weight is 297 g/mol. The number of nitrogens with zero attached hydrogens (tertiary/aromatic N) is 2. The van der Waals surface area contributed by atoms with Crippen LogP contribution in [0.25, 0.3) is 0 Å². The zero-order chi connectivity index (χ0) is 15.5. The molecule has 0 aromatic rings. The van der Waals surface area contributed by atoms with E-state index in [0.717, 1.165) is 12.6 Å². The molecule has 0 aromatic heterocycles. The highest BCUT2D eigenvalue weighted by Crippen LogP contribution is 2.26. The number of piperidine rings is 1. The van der Waals surface area contributed by atoms with E-state index in [4.69, 9.17) is 4.74 Å². The lowest BCUT2D eigenvalue weighted by molar-refractivity contribution is 0.0297. The molecule has 0 unspecified atom stereocenters. The first-order chi connectivity index (χ1) is 9.85. The molecule has 2 rings (SSSR count).